The molecule has 90 valence electrons. The Bertz CT molecular complexity index is 290. The van der Waals surface area contributed by atoms with Gasteiger partial charge < -0.3 is 16.0 Å². The van der Waals surface area contributed by atoms with E-state index in [1.807, 2.05) is 4.90 Å². The van der Waals surface area contributed by atoms with E-state index in [1.165, 1.54) is 11.8 Å². The molecule has 2 saturated heterocycles. The molecule has 0 radical (unpaired) electrons. The van der Waals surface area contributed by atoms with Crippen LogP contribution in [-0.4, -0.2) is 47.5 Å². The van der Waals surface area contributed by atoms with Crippen molar-refractivity contribution in [3.05, 3.63) is 0 Å². The van der Waals surface area contributed by atoms with Crippen LogP contribution in [0.15, 0.2) is 0 Å². The number of hydrogen-bond acceptors (Lipinski definition) is 4. The van der Waals surface area contributed by atoms with Crippen molar-refractivity contribution in [3.63, 3.8) is 0 Å². The highest BCUT2D eigenvalue weighted by atomic mass is 32.2. The molecule has 0 spiro atoms. The Morgan fingerprint density at radius 2 is 2.19 bits per heavy atom. The lowest BCUT2D eigenvalue weighted by molar-refractivity contribution is -0.133. The maximum Gasteiger partial charge on any atom is 0.279 e. The summed E-state index contributed by atoms with van der Waals surface area (Å²) in [4.78, 5) is 24.9. The van der Waals surface area contributed by atoms with Gasteiger partial charge in [0.1, 0.15) is 6.04 Å². The minimum atomic E-state index is -0.313. The van der Waals surface area contributed by atoms with Gasteiger partial charge in [-0.1, -0.05) is 11.8 Å². The zero-order valence-electron chi connectivity index (χ0n) is 9.15. The number of thioether (sulfide) groups is 1. The molecular weight excluding hydrogens is 226 g/mol. The van der Waals surface area contributed by atoms with E-state index in [0.29, 0.717) is 18.2 Å². The summed E-state index contributed by atoms with van der Waals surface area (Å²) >= 11 is 1.19. The largest absolute Gasteiger partial charge is 0.341 e. The molecular formula is C10H17N3O2S. The molecule has 5 nitrogen and oxygen atoms in total. The zero-order valence-corrected chi connectivity index (χ0v) is 9.96. The van der Waals surface area contributed by atoms with E-state index in [1.54, 1.807) is 0 Å². The fourth-order valence-corrected chi connectivity index (χ4v) is 2.90. The van der Waals surface area contributed by atoms with Crippen LogP contribution in [0.4, 0.5) is 4.79 Å². The number of likely N-dealkylation sites (tertiary alicyclic amines) is 1. The molecule has 0 aliphatic carbocycles. The lowest BCUT2D eigenvalue weighted by Gasteiger charge is -2.32. The van der Waals surface area contributed by atoms with Crippen LogP contribution in [0, 0.1) is 5.92 Å². The Hall–Kier alpha value is -0.750. The van der Waals surface area contributed by atoms with E-state index in [9.17, 15) is 9.59 Å². The van der Waals surface area contributed by atoms with Gasteiger partial charge in [-0.15, -0.1) is 0 Å². The van der Waals surface area contributed by atoms with Crippen molar-refractivity contribution in [1.82, 2.24) is 10.2 Å². The number of nitrogens with one attached hydrogen (secondary N) is 1. The molecule has 2 rings (SSSR count). The number of nitrogens with two attached hydrogens (primary N) is 1. The number of hydrogen-bond donors (Lipinski definition) is 2. The van der Waals surface area contributed by atoms with Crippen molar-refractivity contribution in [3.8, 4) is 0 Å². The Labute approximate surface area is 99.1 Å². The van der Waals surface area contributed by atoms with Crippen LogP contribution < -0.4 is 11.1 Å². The van der Waals surface area contributed by atoms with E-state index < -0.39 is 0 Å². The molecule has 2 fully saturated rings. The van der Waals surface area contributed by atoms with E-state index in [4.69, 9.17) is 5.73 Å². The number of piperidine rings is 1. The monoisotopic (exact) mass is 243 g/mol. The van der Waals surface area contributed by atoms with E-state index in [2.05, 4.69) is 5.32 Å². The topological polar surface area (TPSA) is 75.4 Å². The molecule has 2 amide bonds. The average molecular weight is 243 g/mol. The van der Waals surface area contributed by atoms with Crippen LogP contribution >= 0.6 is 11.8 Å². The summed E-state index contributed by atoms with van der Waals surface area (Å²) in [6.07, 6.45) is 1.96. The maximum atomic E-state index is 12.0. The first-order valence-corrected chi connectivity index (χ1v) is 6.61. The van der Waals surface area contributed by atoms with Crippen molar-refractivity contribution in [2.24, 2.45) is 11.7 Å². The third kappa shape index (κ3) is 2.49. The van der Waals surface area contributed by atoms with Crippen molar-refractivity contribution >= 4 is 22.9 Å². The lowest BCUT2D eigenvalue weighted by Crippen LogP contribution is -2.49. The Morgan fingerprint density at radius 3 is 2.69 bits per heavy atom. The van der Waals surface area contributed by atoms with Crippen molar-refractivity contribution in [1.29, 1.82) is 0 Å². The average Bonchev–Trinajstić information content (AvgIpc) is 2.75. The molecule has 0 saturated carbocycles. The minimum Gasteiger partial charge on any atom is -0.341 e. The second kappa shape index (κ2) is 5.05. The summed E-state index contributed by atoms with van der Waals surface area (Å²) in [5.41, 5.74) is 5.60. The van der Waals surface area contributed by atoms with Crippen molar-refractivity contribution < 1.29 is 9.59 Å². The van der Waals surface area contributed by atoms with Gasteiger partial charge in [0.25, 0.3) is 5.24 Å². The van der Waals surface area contributed by atoms with Gasteiger partial charge in [-0.2, -0.15) is 0 Å². The molecule has 2 aliphatic rings. The second-order valence-corrected chi connectivity index (χ2v) is 5.29. The molecule has 16 heavy (non-hydrogen) atoms. The highest BCUT2D eigenvalue weighted by Crippen LogP contribution is 2.19. The van der Waals surface area contributed by atoms with Crippen LogP contribution in [0.2, 0.25) is 0 Å². The van der Waals surface area contributed by atoms with Gasteiger partial charge in [-0.25, -0.2) is 0 Å². The molecule has 2 heterocycles. The number of amides is 2. The summed E-state index contributed by atoms with van der Waals surface area (Å²) in [6.45, 7) is 2.26. The van der Waals surface area contributed by atoms with Crippen LogP contribution in [0.25, 0.3) is 0 Å². The summed E-state index contributed by atoms with van der Waals surface area (Å²) in [5, 5.41) is 2.60. The summed E-state index contributed by atoms with van der Waals surface area (Å²) in [6, 6.07) is -0.313. The molecule has 1 unspecified atom stereocenters. The summed E-state index contributed by atoms with van der Waals surface area (Å²) in [5.74, 6) is 1.18. The molecule has 6 heteroatoms. The standard InChI is InChI=1S/C10H17N3O2S/c11-5-7-1-3-13(4-2-7)9(14)8-6-16-10(15)12-8/h7-8H,1-6,11H2,(H,12,15). The first kappa shape index (κ1) is 11.7. The molecule has 3 N–H and O–H groups in total. The van der Waals surface area contributed by atoms with Gasteiger partial charge in [0, 0.05) is 18.8 Å². The Balaban J connectivity index is 1.84. The highest BCUT2D eigenvalue weighted by Gasteiger charge is 2.32. The number of carbonyl (C=O) groups is 2. The number of nitrogens with zero attached hydrogens (tertiary/aromatic N) is 1. The fourth-order valence-electron chi connectivity index (χ4n) is 2.13. The van der Waals surface area contributed by atoms with Crippen LogP contribution in [-0.2, 0) is 4.79 Å². The van der Waals surface area contributed by atoms with Crippen LogP contribution in [0.1, 0.15) is 12.8 Å². The van der Waals surface area contributed by atoms with Crippen LogP contribution in [0.5, 0.6) is 0 Å². The lowest BCUT2D eigenvalue weighted by atomic mass is 9.97. The molecule has 2 aliphatic heterocycles. The van der Waals surface area contributed by atoms with Gasteiger partial charge >= 0.3 is 0 Å². The molecule has 0 aromatic rings. The van der Waals surface area contributed by atoms with E-state index in [-0.39, 0.29) is 17.2 Å². The quantitative estimate of drug-likeness (QED) is 0.716. The third-order valence-electron chi connectivity index (χ3n) is 3.23. The fraction of sp³-hybridized carbons (Fsp3) is 0.800. The second-order valence-electron chi connectivity index (χ2n) is 4.30. The predicted molar refractivity (Wildman–Crippen MR) is 63.1 cm³/mol. The minimum absolute atomic E-state index is 0.0637. The van der Waals surface area contributed by atoms with Gasteiger partial charge in [0.2, 0.25) is 5.91 Å². The maximum absolute atomic E-state index is 12.0. The van der Waals surface area contributed by atoms with Crippen molar-refractivity contribution in [2.45, 2.75) is 18.9 Å². The van der Waals surface area contributed by atoms with Crippen LogP contribution in [0.3, 0.4) is 0 Å². The first-order chi connectivity index (χ1) is 7.70. The van der Waals surface area contributed by atoms with E-state index >= 15 is 0 Å². The Morgan fingerprint density at radius 1 is 1.50 bits per heavy atom. The normalized spacial score (nSPS) is 26.9. The molecule has 1 atom stereocenters. The molecule has 0 aromatic carbocycles. The SMILES string of the molecule is NCC1CCN(C(=O)C2CSC(=O)N2)CC1. The summed E-state index contributed by atoms with van der Waals surface area (Å²) in [7, 11) is 0. The Kier molecular flexibility index (Phi) is 3.70. The highest BCUT2D eigenvalue weighted by molar-refractivity contribution is 8.14. The first-order valence-electron chi connectivity index (χ1n) is 5.63. The number of carbonyl (C=O) groups excluding carboxylic acids is 2. The van der Waals surface area contributed by atoms with Gasteiger partial charge in [-0.05, 0) is 25.3 Å². The molecule has 0 aromatic heterocycles. The smallest absolute Gasteiger partial charge is 0.279 e. The van der Waals surface area contributed by atoms with Gasteiger partial charge in [-0.3, -0.25) is 9.59 Å². The van der Waals surface area contributed by atoms with Gasteiger partial charge in [0.15, 0.2) is 0 Å². The van der Waals surface area contributed by atoms with E-state index in [0.717, 1.165) is 25.9 Å². The van der Waals surface area contributed by atoms with Crippen molar-refractivity contribution in [2.75, 3.05) is 25.4 Å². The number of rotatable bonds is 2. The third-order valence-corrected chi connectivity index (χ3v) is 4.11. The zero-order chi connectivity index (χ0) is 11.5. The van der Waals surface area contributed by atoms with Gasteiger partial charge in [0.05, 0.1) is 0 Å². The summed E-state index contributed by atoms with van der Waals surface area (Å²) < 4.78 is 0. The molecule has 0 bridgehead atoms. The predicted octanol–water partition coefficient (Wildman–Crippen LogP) is 0.00870.